The van der Waals surface area contributed by atoms with Crippen LogP contribution < -0.4 is 5.32 Å². The fourth-order valence-corrected chi connectivity index (χ4v) is 4.17. The number of halogens is 2. The van der Waals surface area contributed by atoms with Crippen LogP contribution in [0.1, 0.15) is 40.0 Å². The summed E-state index contributed by atoms with van der Waals surface area (Å²) in [5.41, 5.74) is 2.91. The lowest BCUT2D eigenvalue weighted by Gasteiger charge is -2.28. The SMILES string of the molecule is COC(=O)C1CCNC(Cc2cccc(F)c2)C1.COC(=O)c1ccnc(Cc2cccc(F)c2)c1. The van der Waals surface area contributed by atoms with E-state index in [2.05, 4.69) is 15.0 Å². The van der Waals surface area contributed by atoms with Gasteiger partial charge >= 0.3 is 11.9 Å². The van der Waals surface area contributed by atoms with Gasteiger partial charge in [0.25, 0.3) is 0 Å². The highest BCUT2D eigenvalue weighted by molar-refractivity contribution is 5.89. The molecule has 190 valence electrons. The minimum atomic E-state index is -0.405. The van der Waals surface area contributed by atoms with Crippen LogP contribution in [-0.2, 0) is 27.1 Å². The second-order valence-corrected chi connectivity index (χ2v) is 8.56. The van der Waals surface area contributed by atoms with Crippen LogP contribution >= 0.6 is 0 Å². The van der Waals surface area contributed by atoms with Gasteiger partial charge in [-0.15, -0.1) is 0 Å². The number of esters is 2. The standard InChI is InChI=1S/C14H18FNO2.C14H12FNO2/c2*1-18-14(17)11-5-6-16-13(9-11)8-10-3-2-4-12(15)7-10/h2-4,7,11,13,16H,5-6,8-9H2,1H3;2-7,9H,8H2,1H3. The molecule has 0 radical (unpaired) electrons. The van der Waals surface area contributed by atoms with Crippen molar-refractivity contribution in [3.63, 3.8) is 0 Å². The van der Waals surface area contributed by atoms with E-state index in [-0.39, 0.29) is 29.6 Å². The molecule has 0 aliphatic carbocycles. The Hall–Kier alpha value is -3.65. The first kappa shape index (κ1) is 26.9. The van der Waals surface area contributed by atoms with Gasteiger partial charge in [0, 0.05) is 24.4 Å². The van der Waals surface area contributed by atoms with E-state index in [1.807, 2.05) is 12.1 Å². The number of carbonyl (C=O) groups excluding carboxylic acids is 2. The molecule has 2 heterocycles. The van der Waals surface area contributed by atoms with Crippen LogP contribution in [0.2, 0.25) is 0 Å². The van der Waals surface area contributed by atoms with Crippen molar-refractivity contribution >= 4 is 11.9 Å². The monoisotopic (exact) mass is 496 g/mol. The van der Waals surface area contributed by atoms with E-state index in [9.17, 15) is 18.4 Å². The molecule has 0 amide bonds. The Morgan fingerprint density at radius 1 is 0.972 bits per heavy atom. The van der Waals surface area contributed by atoms with E-state index >= 15 is 0 Å². The maximum atomic E-state index is 13.1. The number of pyridine rings is 1. The normalized spacial score (nSPS) is 16.9. The molecule has 0 bridgehead atoms. The molecule has 2 atom stereocenters. The highest BCUT2D eigenvalue weighted by Gasteiger charge is 2.27. The van der Waals surface area contributed by atoms with Crippen LogP contribution in [0.25, 0.3) is 0 Å². The third kappa shape index (κ3) is 8.23. The molecule has 0 spiro atoms. The summed E-state index contributed by atoms with van der Waals surface area (Å²) in [7, 11) is 2.75. The van der Waals surface area contributed by atoms with Crippen molar-refractivity contribution in [2.45, 2.75) is 31.7 Å². The molecule has 1 saturated heterocycles. The van der Waals surface area contributed by atoms with Gasteiger partial charge in [0.2, 0.25) is 0 Å². The Bertz CT molecular complexity index is 1170. The molecule has 3 aromatic rings. The molecule has 1 aliphatic rings. The van der Waals surface area contributed by atoms with E-state index < -0.39 is 5.97 Å². The topological polar surface area (TPSA) is 77.5 Å². The molecule has 2 unspecified atom stereocenters. The first-order valence-electron chi connectivity index (χ1n) is 11.7. The molecular weight excluding hydrogens is 466 g/mol. The summed E-state index contributed by atoms with van der Waals surface area (Å²) < 4.78 is 35.5. The van der Waals surface area contributed by atoms with Crippen molar-refractivity contribution < 1.29 is 27.8 Å². The van der Waals surface area contributed by atoms with Gasteiger partial charge in [-0.2, -0.15) is 0 Å². The number of aromatic nitrogens is 1. The molecule has 2 aromatic carbocycles. The zero-order valence-electron chi connectivity index (χ0n) is 20.4. The van der Waals surface area contributed by atoms with E-state index in [0.717, 1.165) is 36.9 Å². The van der Waals surface area contributed by atoms with Crippen molar-refractivity contribution in [1.82, 2.24) is 10.3 Å². The third-order valence-electron chi connectivity index (χ3n) is 5.91. The highest BCUT2D eigenvalue weighted by Crippen LogP contribution is 2.20. The number of nitrogens with one attached hydrogen (secondary N) is 1. The van der Waals surface area contributed by atoms with Crippen LogP contribution in [0.15, 0.2) is 66.9 Å². The summed E-state index contributed by atoms with van der Waals surface area (Å²) in [6.07, 6.45) is 4.32. The van der Waals surface area contributed by atoms with Gasteiger partial charge in [-0.05, 0) is 73.3 Å². The van der Waals surface area contributed by atoms with Crippen molar-refractivity contribution in [2.75, 3.05) is 20.8 Å². The molecule has 4 rings (SSSR count). The number of ether oxygens (including phenoxy) is 2. The Balaban J connectivity index is 0.000000201. The fraction of sp³-hybridized carbons (Fsp3) is 0.321. The Morgan fingerprint density at radius 3 is 2.33 bits per heavy atom. The lowest BCUT2D eigenvalue weighted by molar-refractivity contribution is -0.146. The predicted octanol–water partition coefficient (Wildman–Crippen LogP) is 4.51. The average Bonchev–Trinajstić information content (AvgIpc) is 2.88. The van der Waals surface area contributed by atoms with Gasteiger partial charge in [0.05, 0.1) is 25.7 Å². The Kier molecular flexibility index (Phi) is 10.1. The molecule has 36 heavy (non-hydrogen) atoms. The van der Waals surface area contributed by atoms with Crippen LogP contribution in [0.3, 0.4) is 0 Å². The largest absolute Gasteiger partial charge is 0.469 e. The third-order valence-corrected chi connectivity index (χ3v) is 5.91. The zero-order chi connectivity index (χ0) is 25.9. The minimum Gasteiger partial charge on any atom is -0.469 e. The van der Waals surface area contributed by atoms with Gasteiger partial charge in [0.1, 0.15) is 11.6 Å². The van der Waals surface area contributed by atoms with E-state index in [1.165, 1.54) is 32.4 Å². The highest BCUT2D eigenvalue weighted by atomic mass is 19.1. The number of nitrogens with zero attached hydrogens (tertiary/aromatic N) is 1. The molecule has 1 N–H and O–H groups in total. The first-order chi connectivity index (χ1) is 17.4. The van der Waals surface area contributed by atoms with Crippen LogP contribution in [-0.4, -0.2) is 43.7 Å². The molecule has 0 saturated carbocycles. The number of carbonyl (C=O) groups is 2. The van der Waals surface area contributed by atoms with E-state index in [4.69, 9.17) is 4.74 Å². The zero-order valence-corrected chi connectivity index (χ0v) is 20.4. The second-order valence-electron chi connectivity index (χ2n) is 8.56. The molecule has 1 fully saturated rings. The summed E-state index contributed by atoms with van der Waals surface area (Å²) in [5.74, 6) is -1.07. The number of hydrogen-bond acceptors (Lipinski definition) is 6. The maximum Gasteiger partial charge on any atom is 0.337 e. The molecule has 1 aliphatic heterocycles. The molecule has 1 aromatic heterocycles. The number of methoxy groups -OCH3 is 2. The Labute approximate surface area is 209 Å². The summed E-state index contributed by atoms with van der Waals surface area (Å²) in [6, 6.07) is 16.4. The second kappa shape index (κ2) is 13.4. The van der Waals surface area contributed by atoms with E-state index in [1.54, 1.807) is 36.5 Å². The fourth-order valence-electron chi connectivity index (χ4n) is 4.17. The molecule has 6 nitrogen and oxygen atoms in total. The predicted molar refractivity (Wildman–Crippen MR) is 131 cm³/mol. The van der Waals surface area contributed by atoms with Gasteiger partial charge in [0.15, 0.2) is 0 Å². The maximum absolute atomic E-state index is 13.1. The summed E-state index contributed by atoms with van der Waals surface area (Å²) in [4.78, 5) is 27.0. The lowest BCUT2D eigenvalue weighted by Crippen LogP contribution is -2.42. The van der Waals surface area contributed by atoms with Crippen molar-refractivity contribution in [1.29, 1.82) is 0 Å². The van der Waals surface area contributed by atoms with Crippen LogP contribution in [0.5, 0.6) is 0 Å². The number of rotatable bonds is 6. The number of benzene rings is 2. The smallest absolute Gasteiger partial charge is 0.337 e. The van der Waals surface area contributed by atoms with Crippen molar-refractivity contribution in [2.24, 2.45) is 5.92 Å². The number of hydrogen-bond donors (Lipinski definition) is 1. The van der Waals surface area contributed by atoms with Gasteiger partial charge in [-0.3, -0.25) is 9.78 Å². The lowest BCUT2D eigenvalue weighted by atomic mass is 9.89. The summed E-state index contributed by atoms with van der Waals surface area (Å²) in [6.45, 7) is 0.805. The summed E-state index contributed by atoms with van der Waals surface area (Å²) >= 11 is 0. The van der Waals surface area contributed by atoms with Crippen LogP contribution in [0, 0.1) is 17.6 Å². The van der Waals surface area contributed by atoms with Gasteiger partial charge in [-0.25, -0.2) is 13.6 Å². The summed E-state index contributed by atoms with van der Waals surface area (Å²) in [5, 5.41) is 3.37. The quantitative estimate of drug-likeness (QED) is 0.506. The van der Waals surface area contributed by atoms with Crippen molar-refractivity contribution in [3.8, 4) is 0 Å². The number of piperidine rings is 1. The average molecular weight is 497 g/mol. The van der Waals surface area contributed by atoms with Gasteiger partial charge in [-0.1, -0.05) is 24.3 Å². The van der Waals surface area contributed by atoms with Gasteiger partial charge < -0.3 is 14.8 Å². The minimum absolute atomic E-state index is 0.0326. The molecular formula is C28H30F2N2O4. The molecule has 8 heteroatoms. The first-order valence-corrected chi connectivity index (χ1v) is 11.7. The van der Waals surface area contributed by atoms with E-state index in [0.29, 0.717) is 17.7 Å². The Morgan fingerprint density at radius 2 is 1.67 bits per heavy atom. The van der Waals surface area contributed by atoms with Crippen molar-refractivity contribution in [3.05, 3.63) is 101 Å². The van der Waals surface area contributed by atoms with Crippen LogP contribution in [0.4, 0.5) is 8.78 Å².